The fourth-order valence-electron chi connectivity index (χ4n) is 2.27. The number of phenols is 1. The molecule has 1 heterocycles. The second-order valence-corrected chi connectivity index (χ2v) is 5.32. The number of benzene rings is 1. The Labute approximate surface area is 110 Å². The predicted octanol–water partition coefficient (Wildman–Crippen LogP) is 2.85. The number of hydrogen-bond donors (Lipinski definition) is 2. The first-order chi connectivity index (χ1) is 8.20. The van der Waals surface area contributed by atoms with Gasteiger partial charge in [0.05, 0.1) is 7.11 Å². The van der Waals surface area contributed by atoms with Gasteiger partial charge in [-0.3, -0.25) is 0 Å². The molecule has 1 unspecified atom stereocenters. The van der Waals surface area contributed by atoms with E-state index in [1.807, 2.05) is 6.07 Å². The zero-order valence-electron chi connectivity index (χ0n) is 10.0. The largest absolute Gasteiger partial charge is 0.504 e. The summed E-state index contributed by atoms with van der Waals surface area (Å²) in [7, 11) is 1.57. The Balaban J connectivity index is 2.13. The first-order valence-electron chi connectivity index (χ1n) is 5.99. The summed E-state index contributed by atoms with van der Waals surface area (Å²) >= 11 is 3.49. The molecule has 4 heteroatoms. The van der Waals surface area contributed by atoms with Crippen molar-refractivity contribution in [1.82, 2.24) is 5.32 Å². The summed E-state index contributed by atoms with van der Waals surface area (Å²) in [6.07, 6.45) is 4.76. The molecule has 17 heavy (non-hydrogen) atoms. The first kappa shape index (κ1) is 12.7. The maximum Gasteiger partial charge on any atom is 0.160 e. The number of piperidine rings is 1. The Morgan fingerprint density at radius 1 is 1.47 bits per heavy atom. The summed E-state index contributed by atoms with van der Waals surface area (Å²) in [5.74, 6) is 0.721. The molecular weight excluding hydrogens is 282 g/mol. The van der Waals surface area contributed by atoms with Gasteiger partial charge < -0.3 is 15.2 Å². The number of hydrogen-bond acceptors (Lipinski definition) is 3. The molecule has 94 valence electrons. The van der Waals surface area contributed by atoms with Crippen molar-refractivity contribution in [2.24, 2.45) is 0 Å². The number of ether oxygens (including phenoxy) is 1. The van der Waals surface area contributed by atoms with Crippen LogP contribution in [0.3, 0.4) is 0 Å². The Morgan fingerprint density at radius 2 is 2.29 bits per heavy atom. The third-order valence-electron chi connectivity index (χ3n) is 3.23. The van der Waals surface area contributed by atoms with E-state index in [-0.39, 0.29) is 5.75 Å². The Morgan fingerprint density at radius 3 is 2.94 bits per heavy atom. The minimum Gasteiger partial charge on any atom is -0.504 e. The van der Waals surface area contributed by atoms with Crippen molar-refractivity contribution in [2.45, 2.75) is 31.7 Å². The predicted molar refractivity (Wildman–Crippen MR) is 71.7 cm³/mol. The molecule has 1 atom stereocenters. The van der Waals surface area contributed by atoms with Crippen molar-refractivity contribution in [3.05, 3.63) is 22.2 Å². The molecule has 1 aliphatic heterocycles. The molecule has 0 aliphatic carbocycles. The van der Waals surface area contributed by atoms with E-state index in [2.05, 4.69) is 21.2 Å². The molecule has 2 rings (SSSR count). The lowest BCUT2D eigenvalue weighted by Gasteiger charge is -2.24. The van der Waals surface area contributed by atoms with E-state index >= 15 is 0 Å². The van der Waals surface area contributed by atoms with Crippen LogP contribution in [0.2, 0.25) is 0 Å². The summed E-state index contributed by atoms with van der Waals surface area (Å²) in [5.41, 5.74) is 1.18. The fourth-order valence-corrected chi connectivity index (χ4v) is 2.76. The number of methoxy groups -OCH3 is 1. The van der Waals surface area contributed by atoms with Crippen LogP contribution < -0.4 is 10.1 Å². The van der Waals surface area contributed by atoms with E-state index < -0.39 is 0 Å². The lowest BCUT2D eigenvalue weighted by molar-refractivity contribution is 0.370. The lowest BCUT2D eigenvalue weighted by Crippen LogP contribution is -2.35. The van der Waals surface area contributed by atoms with Crippen LogP contribution in [0.25, 0.3) is 0 Å². The summed E-state index contributed by atoms with van der Waals surface area (Å²) < 4.78 is 6.09. The van der Waals surface area contributed by atoms with Gasteiger partial charge in [-0.2, -0.15) is 0 Å². The topological polar surface area (TPSA) is 41.5 Å². The Hall–Kier alpha value is -0.740. The van der Waals surface area contributed by atoms with E-state index in [1.54, 1.807) is 13.2 Å². The quantitative estimate of drug-likeness (QED) is 0.902. The molecule has 1 fully saturated rings. The molecule has 1 aromatic carbocycles. The highest BCUT2D eigenvalue weighted by Crippen LogP contribution is 2.33. The second kappa shape index (κ2) is 5.74. The summed E-state index contributed by atoms with van der Waals surface area (Å²) in [4.78, 5) is 0. The smallest absolute Gasteiger partial charge is 0.160 e. The summed E-state index contributed by atoms with van der Waals surface area (Å²) in [6.45, 7) is 1.11. The maximum absolute atomic E-state index is 9.65. The number of phenolic OH excluding ortho intramolecular Hbond substituents is 1. The van der Waals surface area contributed by atoms with Crippen LogP contribution in [0.4, 0.5) is 0 Å². The van der Waals surface area contributed by atoms with E-state index in [9.17, 15) is 5.11 Å². The third-order valence-corrected chi connectivity index (χ3v) is 3.96. The van der Waals surface area contributed by atoms with Crippen molar-refractivity contribution >= 4 is 15.9 Å². The Kier molecular flexibility index (Phi) is 4.29. The first-order valence-corrected chi connectivity index (χ1v) is 6.78. The van der Waals surface area contributed by atoms with Crippen molar-refractivity contribution in [2.75, 3.05) is 13.7 Å². The second-order valence-electron chi connectivity index (χ2n) is 4.47. The van der Waals surface area contributed by atoms with Crippen molar-refractivity contribution < 1.29 is 9.84 Å². The average Bonchev–Trinajstić information content (AvgIpc) is 2.34. The van der Waals surface area contributed by atoms with Gasteiger partial charge in [0, 0.05) is 10.5 Å². The number of rotatable bonds is 3. The lowest BCUT2D eigenvalue weighted by atomic mass is 9.97. The minimum atomic E-state index is 0.180. The maximum atomic E-state index is 9.65. The molecule has 0 saturated carbocycles. The molecule has 1 aliphatic rings. The molecule has 0 spiro atoms. The molecule has 0 amide bonds. The number of nitrogens with one attached hydrogen (secondary N) is 1. The molecular formula is C13H18BrNO2. The molecule has 3 nitrogen and oxygen atoms in total. The van der Waals surface area contributed by atoms with Crippen LogP contribution in [0.5, 0.6) is 11.5 Å². The SMILES string of the molecule is COc1cc(CC2CCCCN2)c(Br)cc1O. The van der Waals surface area contributed by atoms with E-state index in [0.717, 1.165) is 17.4 Å². The van der Waals surface area contributed by atoms with Crippen LogP contribution >= 0.6 is 15.9 Å². The van der Waals surface area contributed by atoms with Crippen LogP contribution in [-0.4, -0.2) is 24.8 Å². The number of aromatic hydroxyl groups is 1. The van der Waals surface area contributed by atoms with Crippen molar-refractivity contribution in [1.29, 1.82) is 0 Å². The van der Waals surface area contributed by atoms with E-state index in [0.29, 0.717) is 11.8 Å². The third kappa shape index (κ3) is 3.13. The van der Waals surface area contributed by atoms with Gasteiger partial charge in [0.15, 0.2) is 11.5 Å². The van der Waals surface area contributed by atoms with Crippen LogP contribution in [0.1, 0.15) is 24.8 Å². The molecule has 1 aromatic rings. The van der Waals surface area contributed by atoms with E-state index in [4.69, 9.17) is 4.74 Å². The van der Waals surface area contributed by atoms with Gasteiger partial charge in [-0.1, -0.05) is 22.4 Å². The van der Waals surface area contributed by atoms with Crippen LogP contribution in [0, 0.1) is 0 Å². The van der Waals surface area contributed by atoms with Crippen LogP contribution in [-0.2, 0) is 6.42 Å². The normalized spacial score (nSPS) is 20.2. The van der Waals surface area contributed by atoms with Crippen molar-refractivity contribution in [3.8, 4) is 11.5 Å². The van der Waals surface area contributed by atoms with Gasteiger partial charge in [-0.15, -0.1) is 0 Å². The van der Waals surface area contributed by atoms with Gasteiger partial charge in [-0.05, 0) is 43.5 Å². The molecule has 0 radical (unpaired) electrons. The van der Waals surface area contributed by atoms with Gasteiger partial charge in [0.1, 0.15) is 0 Å². The van der Waals surface area contributed by atoms with Gasteiger partial charge in [-0.25, -0.2) is 0 Å². The van der Waals surface area contributed by atoms with Crippen molar-refractivity contribution in [3.63, 3.8) is 0 Å². The zero-order valence-corrected chi connectivity index (χ0v) is 11.6. The minimum absolute atomic E-state index is 0.180. The monoisotopic (exact) mass is 299 g/mol. The highest BCUT2D eigenvalue weighted by Gasteiger charge is 2.16. The van der Waals surface area contributed by atoms with Gasteiger partial charge >= 0.3 is 0 Å². The number of halogens is 1. The molecule has 2 N–H and O–H groups in total. The molecule has 0 aromatic heterocycles. The molecule has 0 bridgehead atoms. The van der Waals surface area contributed by atoms with Gasteiger partial charge in [0.2, 0.25) is 0 Å². The van der Waals surface area contributed by atoms with Gasteiger partial charge in [0.25, 0.3) is 0 Å². The highest BCUT2D eigenvalue weighted by atomic mass is 79.9. The Bertz CT molecular complexity index is 389. The zero-order chi connectivity index (χ0) is 12.3. The van der Waals surface area contributed by atoms with Crippen LogP contribution in [0.15, 0.2) is 16.6 Å². The van der Waals surface area contributed by atoms with E-state index in [1.165, 1.54) is 24.8 Å². The standard InChI is InChI=1S/C13H18BrNO2/c1-17-13-7-9(11(14)8-12(13)16)6-10-4-2-3-5-15-10/h7-8,10,15-16H,2-6H2,1H3. The molecule has 1 saturated heterocycles. The highest BCUT2D eigenvalue weighted by molar-refractivity contribution is 9.10. The summed E-state index contributed by atoms with van der Waals surface area (Å²) in [6, 6.07) is 4.15. The summed E-state index contributed by atoms with van der Waals surface area (Å²) in [5, 5.41) is 13.2. The fraction of sp³-hybridized carbons (Fsp3) is 0.538. The average molecular weight is 300 g/mol.